The number of rotatable bonds is 2. The molecule has 12 heavy (non-hydrogen) atoms. The Hall–Kier alpha value is -0.860. The normalized spacial score (nSPS) is 36.2. The SMILES string of the molecule is CCC1(CC)C2C(=O)OC(=O)C21. The molecule has 0 amide bonds. The van der Waals surface area contributed by atoms with Crippen LogP contribution >= 0.6 is 0 Å². The molecule has 1 saturated carbocycles. The van der Waals surface area contributed by atoms with Gasteiger partial charge in [-0.25, -0.2) is 0 Å². The van der Waals surface area contributed by atoms with Crippen LogP contribution in [0.1, 0.15) is 26.7 Å². The van der Waals surface area contributed by atoms with Crippen LogP contribution in [-0.2, 0) is 14.3 Å². The predicted molar refractivity (Wildman–Crippen MR) is 41.1 cm³/mol. The first-order valence-electron chi connectivity index (χ1n) is 4.43. The van der Waals surface area contributed by atoms with Crippen LogP contribution in [0.15, 0.2) is 0 Å². The van der Waals surface area contributed by atoms with Crippen LogP contribution in [0.3, 0.4) is 0 Å². The summed E-state index contributed by atoms with van der Waals surface area (Å²) in [5.74, 6) is -0.817. The van der Waals surface area contributed by atoms with Crippen molar-refractivity contribution in [2.24, 2.45) is 17.3 Å². The van der Waals surface area contributed by atoms with Gasteiger partial charge in [-0.3, -0.25) is 9.59 Å². The Labute approximate surface area is 71.1 Å². The second-order valence-corrected chi connectivity index (χ2v) is 3.64. The molecule has 0 radical (unpaired) electrons. The van der Waals surface area contributed by atoms with Gasteiger partial charge in [-0.2, -0.15) is 0 Å². The summed E-state index contributed by atoms with van der Waals surface area (Å²) >= 11 is 0. The Morgan fingerprint density at radius 3 is 1.83 bits per heavy atom. The van der Waals surface area contributed by atoms with E-state index in [2.05, 4.69) is 4.74 Å². The van der Waals surface area contributed by atoms with Gasteiger partial charge >= 0.3 is 11.9 Å². The summed E-state index contributed by atoms with van der Waals surface area (Å²) in [7, 11) is 0. The molecule has 1 aliphatic heterocycles. The molecule has 1 heterocycles. The van der Waals surface area contributed by atoms with Crippen molar-refractivity contribution in [3.05, 3.63) is 0 Å². The second-order valence-electron chi connectivity index (χ2n) is 3.64. The van der Waals surface area contributed by atoms with Crippen LogP contribution in [-0.4, -0.2) is 11.9 Å². The van der Waals surface area contributed by atoms with Crippen LogP contribution in [0.4, 0.5) is 0 Å². The lowest BCUT2D eigenvalue weighted by Crippen LogP contribution is -2.18. The molecule has 0 aromatic carbocycles. The molecule has 0 spiro atoms. The lowest BCUT2D eigenvalue weighted by atomic mass is 9.94. The molecule has 0 N–H and O–H groups in total. The van der Waals surface area contributed by atoms with Crippen LogP contribution in [0.25, 0.3) is 0 Å². The van der Waals surface area contributed by atoms with E-state index in [1.807, 2.05) is 13.8 Å². The van der Waals surface area contributed by atoms with Crippen molar-refractivity contribution in [1.82, 2.24) is 0 Å². The molecule has 0 aromatic heterocycles. The Kier molecular flexibility index (Phi) is 1.35. The van der Waals surface area contributed by atoms with Crippen LogP contribution in [0, 0.1) is 17.3 Å². The zero-order valence-corrected chi connectivity index (χ0v) is 7.29. The standard InChI is InChI=1S/C9H12O3/c1-3-9(4-2)5-6(9)8(11)12-7(5)10/h5-6H,3-4H2,1-2H3. The fourth-order valence-corrected chi connectivity index (χ4v) is 2.59. The number of esters is 2. The van der Waals surface area contributed by atoms with Crippen molar-refractivity contribution in [2.75, 3.05) is 0 Å². The smallest absolute Gasteiger partial charge is 0.318 e. The molecule has 2 unspecified atom stereocenters. The quantitative estimate of drug-likeness (QED) is 0.458. The first kappa shape index (κ1) is 7.77. The summed E-state index contributed by atoms with van der Waals surface area (Å²) in [6.07, 6.45) is 1.80. The van der Waals surface area contributed by atoms with E-state index in [1.165, 1.54) is 0 Å². The number of cyclic esters (lactones) is 2. The van der Waals surface area contributed by atoms with Crippen molar-refractivity contribution in [3.63, 3.8) is 0 Å². The van der Waals surface area contributed by atoms with Gasteiger partial charge < -0.3 is 4.74 Å². The summed E-state index contributed by atoms with van der Waals surface area (Å²) < 4.78 is 4.50. The lowest BCUT2D eigenvalue weighted by molar-refractivity contribution is -0.157. The fraction of sp³-hybridized carbons (Fsp3) is 0.778. The van der Waals surface area contributed by atoms with Crippen LogP contribution < -0.4 is 0 Å². The van der Waals surface area contributed by atoms with Gasteiger partial charge in [0.05, 0.1) is 11.8 Å². The number of ether oxygens (including phenoxy) is 1. The third-order valence-corrected chi connectivity index (χ3v) is 3.49. The number of carbonyl (C=O) groups is 2. The van der Waals surface area contributed by atoms with E-state index in [1.54, 1.807) is 0 Å². The van der Waals surface area contributed by atoms with Gasteiger partial charge in [-0.05, 0) is 18.3 Å². The molecule has 0 bridgehead atoms. The van der Waals surface area contributed by atoms with Crippen molar-refractivity contribution in [3.8, 4) is 0 Å². The predicted octanol–water partition coefficient (Wildman–Crippen LogP) is 1.12. The van der Waals surface area contributed by atoms with Gasteiger partial charge in [0.25, 0.3) is 0 Å². The molecule has 2 rings (SSSR count). The Morgan fingerprint density at radius 1 is 1.17 bits per heavy atom. The maximum absolute atomic E-state index is 11.1. The summed E-state index contributed by atoms with van der Waals surface area (Å²) in [6, 6.07) is 0. The van der Waals surface area contributed by atoms with Crippen molar-refractivity contribution in [1.29, 1.82) is 0 Å². The second kappa shape index (κ2) is 2.09. The van der Waals surface area contributed by atoms with Gasteiger partial charge in [0.15, 0.2) is 0 Å². The maximum atomic E-state index is 11.1. The first-order chi connectivity index (χ1) is 5.67. The van der Waals surface area contributed by atoms with Crippen LogP contribution in [0.2, 0.25) is 0 Å². The van der Waals surface area contributed by atoms with Gasteiger partial charge in [-0.15, -0.1) is 0 Å². The zero-order valence-electron chi connectivity index (χ0n) is 7.29. The van der Waals surface area contributed by atoms with E-state index in [-0.39, 0.29) is 29.2 Å². The summed E-state index contributed by atoms with van der Waals surface area (Å²) in [6.45, 7) is 4.06. The highest BCUT2D eigenvalue weighted by Gasteiger charge is 2.74. The fourth-order valence-electron chi connectivity index (χ4n) is 2.59. The van der Waals surface area contributed by atoms with E-state index < -0.39 is 0 Å². The lowest BCUT2D eigenvalue weighted by Gasteiger charge is -2.13. The molecule has 66 valence electrons. The molecule has 3 nitrogen and oxygen atoms in total. The third kappa shape index (κ3) is 0.625. The molecule has 1 saturated heterocycles. The van der Waals surface area contributed by atoms with E-state index in [4.69, 9.17) is 0 Å². The Balaban J connectivity index is 2.27. The molecule has 0 aromatic rings. The van der Waals surface area contributed by atoms with E-state index in [9.17, 15) is 9.59 Å². The zero-order chi connectivity index (χ0) is 8.93. The van der Waals surface area contributed by atoms with Gasteiger partial charge in [0, 0.05) is 0 Å². The number of fused-ring (bicyclic) bond motifs is 1. The monoisotopic (exact) mass is 168 g/mol. The molecular weight excluding hydrogens is 156 g/mol. The summed E-state index contributed by atoms with van der Waals surface area (Å²) in [5, 5.41) is 0. The number of hydrogen-bond acceptors (Lipinski definition) is 3. The molecule has 3 heteroatoms. The minimum atomic E-state index is -0.297. The van der Waals surface area contributed by atoms with Crippen molar-refractivity contribution >= 4 is 11.9 Å². The molecule has 2 atom stereocenters. The maximum Gasteiger partial charge on any atom is 0.318 e. The topological polar surface area (TPSA) is 43.4 Å². The van der Waals surface area contributed by atoms with Gasteiger partial charge in [0.1, 0.15) is 0 Å². The first-order valence-corrected chi connectivity index (χ1v) is 4.43. The molecular formula is C9H12O3. The highest BCUT2D eigenvalue weighted by Crippen LogP contribution is 2.66. The average molecular weight is 168 g/mol. The minimum absolute atomic E-state index is 0.0353. The van der Waals surface area contributed by atoms with Crippen LogP contribution in [0.5, 0.6) is 0 Å². The van der Waals surface area contributed by atoms with E-state index in [0.29, 0.717) is 0 Å². The van der Waals surface area contributed by atoms with Crippen molar-refractivity contribution < 1.29 is 14.3 Å². The number of hydrogen-bond donors (Lipinski definition) is 0. The van der Waals surface area contributed by atoms with E-state index in [0.717, 1.165) is 12.8 Å². The molecule has 1 aliphatic carbocycles. The van der Waals surface area contributed by atoms with E-state index >= 15 is 0 Å². The minimum Gasteiger partial charge on any atom is -0.393 e. The van der Waals surface area contributed by atoms with Gasteiger partial charge in [-0.1, -0.05) is 13.8 Å². The van der Waals surface area contributed by atoms with Gasteiger partial charge in [0.2, 0.25) is 0 Å². The Morgan fingerprint density at radius 2 is 1.58 bits per heavy atom. The van der Waals surface area contributed by atoms with Crippen molar-refractivity contribution in [2.45, 2.75) is 26.7 Å². The molecule has 2 aliphatic rings. The molecule has 2 fully saturated rings. The number of carbonyl (C=O) groups excluding carboxylic acids is 2. The highest BCUT2D eigenvalue weighted by atomic mass is 16.6. The largest absolute Gasteiger partial charge is 0.393 e. The average Bonchev–Trinajstić information content (AvgIpc) is 2.64. The summed E-state index contributed by atoms with van der Waals surface area (Å²) in [5.41, 5.74) is -0.0353. The third-order valence-electron chi connectivity index (χ3n) is 3.49. The summed E-state index contributed by atoms with van der Waals surface area (Å²) in [4.78, 5) is 22.2. The highest BCUT2D eigenvalue weighted by molar-refractivity contribution is 6.02. The Bertz CT molecular complexity index is 230.